The van der Waals surface area contributed by atoms with Crippen LogP contribution in [0.2, 0.25) is 0 Å². The van der Waals surface area contributed by atoms with Gasteiger partial charge in [0.2, 0.25) is 0 Å². The molecule has 3 aromatic rings. The highest BCUT2D eigenvalue weighted by Gasteiger charge is 2.34. The van der Waals surface area contributed by atoms with Gasteiger partial charge in [-0.2, -0.15) is 0 Å². The van der Waals surface area contributed by atoms with E-state index in [9.17, 15) is 14.0 Å². The van der Waals surface area contributed by atoms with Gasteiger partial charge in [0.25, 0.3) is 11.8 Å². The molecule has 0 radical (unpaired) electrons. The highest BCUT2D eigenvalue weighted by atomic mass is 32.1. The lowest BCUT2D eigenvalue weighted by Gasteiger charge is -2.29. The number of ether oxygens (including phenoxy) is 1. The van der Waals surface area contributed by atoms with Gasteiger partial charge in [0.1, 0.15) is 17.1 Å². The Balaban J connectivity index is 1.75. The molecule has 0 aliphatic carbocycles. The van der Waals surface area contributed by atoms with E-state index in [0.717, 1.165) is 11.1 Å². The average molecular weight is 447 g/mol. The van der Waals surface area contributed by atoms with Crippen LogP contribution in [-0.2, 0) is 16.0 Å². The van der Waals surface area contributed by atoms with Gasteiger partial charge in [0.05, 0.1) is 12.8 Å². The Labute approximate surface area is 190 Å². The summed E-state index contributed by atoms with van der Waals surface area (Å²) in [4.78, 5) is 27.2. The van der Waals surface area contributed by atoms with E-state index in [1.165, 1.54) is 23.1 Å². The fourth-order valence-corrected chi connectivity index (χ4v) is 3.78. The minimum Gasteiger partial charge on any atom is -0.497 e. The Kier molecular flexibility index (Phi) is 6.09. The number of rotatable bonds is 5. The molecule has 32 heavy (non-hydrogen) atoms. The van der Waals surface area contributed by atoms with Crippen molar-refractivity contribution in [2.24, 2.45) is 0 Å². The number of hydrogen-bond donors (Lipinski definition) is 1. The van der Waals surface area contributed by atoms with Crippen molar-refractivity contribution < 1.29 is 18.7 Å². The SMILES string of the molecule is COc1ccc(/C=C2/C(=O)NC(=S)N(c3ccccc3)C2=O)c(Cc2cccc(F)c2)c1. The molecule has 1 N–H and O–H groups in total. The molecule has 1 aliphatic rings. The van der Waals surface area contributed by atoms with Crippen LogP contribution in [0.4, 0.5) is 10.1 Å². The maximum Gasteiger partial charge on any atom is 0.270 e. The number of nitrogens with one attached hydrogen (secondary N) is 1. The van der Waals surface area contributed by atoms with Crippen LogP contribution in [0.15, 0.2) is 78.4 Å². The smallest absolute Gasteiger partial charge is 0.270 e. The van der Waals surface area contributed by atoms with Crippen LogP contribution in [0.3, 0.4) is 0 Å². The van der Waals surface area contributed by atoms with Crippen molar-refractivity contribution in [3.8, 4) is 5.75 Å². The van der Waals surface area contributed by atoms with E-state index in [4.69, 9.17) is 17.0 Å². The predicted molar refractivity (Wildman–Crippen MR) is 125 cm³/mol. The lowest BCUT2D eigenvalue weighted by Crippen LogP contribution is -2.54. The third kappa shape index (κ3) is 4.43. The third-order valence-corrected chi connectivity index (χ3v) is 5.33. The maximum atomic E-state index is 13.7. The molecule has 0 spiro atoms. The van der Waals surface area contributed by atoms with E-state index in [-0.39, 0.29) is 16.5 Å². The molecule has 7 heteroatoms. The van der Waals surface area contributed by atoms with Crippen LogP contribution in [0.25, 0.3) is 6.08 Å². The predicted octanol–water partition coefficient (Wildman–Crippen LogP) is 4.26. The minimum absolute atomic E-state index is 0.0260. The zero-order valence-corrected chi connectivity index (χ0v) is 18.0. The summed E-state index contributed by atoms with van der Waals surface area (Å²) in [6.45, 7) is 0. The van der Waals surface area contributed by atoms with Crippen LogP contribution in [0, 0.1) is 5.82 Å². The molecule has 0 unspecified atom stereocenters. The Morgan fingerprint density at radius 3 is 2.53 bits per heavy atom. The molecule has 0 atom stereocenters. The molecule has 2 amide bonds. The van der Waals surface area contributed by atoms with Crippen LogP contribution in [0.1, 0.15) is 16.7 Å². The zero-order chi connectivity index (χ0) is 22.7. The number of thiocarbonyl (C=S) groups is 1. The fourth-order valence-electron chi connectivity index (χ4n) is 3.49. The second-order valence-electron chi connectivity index (χ2n) is 7.16. The maximum absolute atomic E-state index is 13.7. The van der Waals surface area contributed by atoms with E-state index in [2.05, 4.69) is 5.32 Å². The van der Waals surface area contributed by atoms with Crippen molar-refractivity contribution >= 4 is 40.9 Å². The van der Waals surface area contributed by atoms with Crippen LogP contribution < -0.4 is 15.0 Å². The van der Waals surface area contributed by atoms with Crippen molar-refractivity contribution in [1.82, 2.24) is 5.32 Å². The van der Waals surface area contributed by atoms with Crippen LogP contribution in [0.5, 0.6) is 5.75 Å². The van der Waals surface area contributed by atoms with Gasteiger partial charge in [-0.1, -0.05) is 36.4 Å². The number of amides is 2. The van der Waals surface area contributed by atoms with Gasteiger partial charge in [-0.25, -0.2) is 4.39 Å². The van der Waals surface area contributed by atoms with Crippen molar-refractivity contribution in [2.45, 2.75) is 6.42 Å². The highest BCUT2D eigenvalue weighted by Crippen LogP contribution is 2.26. The first-order chi connectivity index (χ1) is 15.5. The summed E-state index contributed by atoms with van der Waals surface area (Å²) in [5.74, 6) is -0.804. The number of para-hydroxylation sites is 1. The van der Waals surface area contributed by atoms with Crippen LogP contribution in [-0.4, -0.2) is 24.0 Å². The van der Waals surface area contributed by atoms with Crippen molar-refractivity contribution in [3.05, 3.63) is 101 Å². The number of nitrogens with zero attached hydrogens (tertiary/aromatic N) is 1. The second-order valence-corrected chi connectivity index (χ2v) is 7.55. The first kappa shape index (κ1) is 21.4. The Bertz CT molecular complexity index is 1240. The molecule has 1 heterocycles. The molecular formula is C25H19FN2O3S. The first-order valence-electron chi connectivity index (χ1n) is 9.84. The number of hydrogen-bond acceptors (Lipinski definition) is 4. The molecule has 1 saturated heterocycles. The van der Waals surface area contributed by atoms with Crippen molar-refractivity contribution in [2.75, 3.05) is 12.0 Å². The highest BCUT2D eigenvalue weighted by molar-refractivity contribution is 7.80. The molecule has 1 fully saturated rings. The largest absolute Gasteiger partial charge is 0.497 e. The number of methoxy groups -OCH3 is 1. The normalized spacial score (nSPS) is 15.1. The van der Waals surface area contributed by atoms with Crippen molar-refractivity contribution in [1.29, 1.82) is 0 Å². The van der Waals surface area contributed by atoms with Gasteiger partial charge < -0.3 is 4.74 Å². The van der Waals surface area contributed by atoms with Gasteiger partial charge in [-0.3, -0.25) is 19.8 Å². The summed E-state index contributed by atoms with van der Waals surface area (Å²) in [5, 5.41) is 2.61. The molecule has 5 nitrogen and oxygen atoms in total. The van der Waals surface area contributed by atoms with Crippen molar-refractivity contribution in [3.63, 3.8) is 0 Å². The lowest BCUT2D eigenvalue weighted by atomic mass is 9.97. The third-order valence-electron chi connectivity index (χ3n) is 5.05. The first-order valence-corrected chi connectivity index (χ1v) is 10.2. The molecule has 1 aliphatic heterocycles. The molecule has 0 aromatic heterocycles. The quantitative estimate of drug-likeness (QED) is 0.362. The molecule has 3 aromatic carbocycles. The number of carbonyl (C=O) groups is 2. The monoisotopic (exact) mass is 446 g/mol. The summed E-state index contributed by atoms with van der Waals surface area (Å²) < 4.78 is 19.0. The van der Waals surface area contributed by atoms with Gasteiger partial charge >= 0.3 is 0 Å². The standard InChI is InChI=1S/C25H19FN2O3S/c1-31-21-11-10-17(18(14-21)12-16-6-5-7-19(26)13-16)15-22-23(29)27-25(32)28(24(22)30)20-8-3-2-4-9-20/h2-11,13-15H,12H2,1H3,(H,27,29,32)/b22-15-. The van der Waals surface area contributed by atoms with Gasteiger partial charge in [0.15, 0.2) is 5.11 Å². The van der Waals surface area contributed by atoms with E-state index in [0.29, 0.717) is 23.4 Å². The Hall–Kier alpha value is -3.84. The van der Waals surface area contributed by atoms with E-state index in [1.54, 1.807) is 49.6 Å². The summed E-state index contributed by atoms with van der Waals surface area (Å²) >= 11 is 5.23. The van der Waals surface area contributed by atoms with E-state index in [1.807, 2.05) is 18.2 Å². The van der Waals surface area contributed by atoms with E-state index >= 15 is 0 Å². The zero-order valence-electron chi connectivity index (χ0n) is 17.2. The number of halogens is 1. The van der Waals surface area contributed by atoms with E-state index < -0.39 is 11.8 Å². The minimum atomic E-state index is -0.570. The topological polar surface area (TPSA) is 58.6 Å². The molecular weight excluding hydrogens is 427 g/mol. The number of benzene rings is 3. The molecule has 0 saturated carbocycles. The van der Waals surface area contributed by atoms with Gasteiger partial charge in [0, 0.05) is 0 Å². The summed E-state index contributed by atoms with van der Waals surface area (Å²) in [6, 6.07) is 20.5. The Morgan fingerprint density at radius 1 is 1.03 bits per heavy atom. The molecule has 0 bridgehead atoms. The van der Waals surface area contributed by atoms with Crippen LogP contribution >= 0.6 is 12.2 Å². The van der Waals surface area contributed by atoms with Gasteiger partial charge in [-0.05, 0) is 77.8 Å². The molecule has 160 valence electrons. The Morgan fingerprint density at radius 2 is 1.81 bits per heavy atom. The average Bonchev–Trinajstić information content (AvgIpc) is 2.78. The summed E-state index contributed by atoms with van der Waals surface area (Å²) in [7, 11) is 1.55. The fraction of sp³-hybridized carbons (Fsp3) is 0.0800. The van der Waals surface area contributed by atoms with Gasteiger partial charge in [-0.15, -0.1) is 0 Å². The summed E-state index contributed by atoms with van der Waals surface area (Å²) in [6.07, 6.45) is 1.92. The summed E-state index contributed by atoms with van der Waals surface area (Å²) in [5.41, 5.74) is 2.69. The lowest BCUT2D eigenvalue weighted by molar-refractivity contribution is -0.122. The second kappa shape index (κ2) is 9.11. The number of carbonyl (C=O) groups excluding carboxylic acids is 2. The molecule has 4 rings (SSSR count). The number of anilines is 1.